The van der Waals surface area contributed by atoms with Gasteiger partial charge in [0.1, 0.15) is 12.2 Å². The molecule has 0 aliphatic carbocycles. The molecule has 0 amide bonds. The Bertz CT molecular complexity index is 259. The molecule has 0 aromatic carbocycles. The zero-order valence-electron chi connectivity index (χ0n) is 14.0. The van der Waals surface area contributed by atoms with Crippen LogP contribution >= 0.6 is 0 Å². The van der Waals surface area contributed by atoms with Crippen molar-refractivity contribution in [2.45, 2.75) is 46.3 Å². The Balaban J connectivity index is 3.21. The van der Waals surface area contributed by atoms with Crippen LogP contribution in [0.3, 0.4) is 0 Å². The van der Waals surface area contributed by atoms with Gasteiger partial charge in [-0.25, -0.2) is 4.79 Å². The van der Waals surface area contributed by atoms with Crippen molar-refractivity contribution in [1.82, 2.24) is 0 Å². The molecule has 0 fully saturated rings. The summed E-state index contributed by atoms with van der Waals surface area (Å²) in [7, 11) is 0. The molecule has 0 aliphatic rings. The number of rotatable bonds is 12. The number of hydrogen-bond donors (Lipinski definition) is 0. The monoisotopic (exact) mass is 306 g/mol. The smallest absolute Gasteiger partial charge is 0.332 e. The summed E-state index contributed by atoms with van der Waals surface area (Å²) >= 11 is 0. The Morgan fingerprint density at radius 1 is 0.857 bits per heavy atom. The lowest BCUT2D eigenvalue weighted by atomic mass is 10.2. The molecule has 0 unspecified atom stereocenters. The predicted octanol–water partition coefficient (Wildman–Crippen LogP) is 1.80. The third kappa shape index (κ3) is 17.3. The predicted molar refractivity (Wildman–Crippen MR) is 79.4 cm³/mol. The van der Waals surface area contributed by atoms with Gasteiger partial charge in [-0.1, -0.05) is 0 Å². The van der Waals surface area contributed by atoms with E-state index in [4.69, 9.17) is 23.7 Å². The topological polar surface area (TPSA) is 63.2 Å². The van der Waals surface area contributed by atoms with Crippen molar-refractivity contribution in [1.29, 1.82) is 0 Å². The second-order valence-electron chi connectivity index (χ2n) is 5.78. The highest BCUT2D eigenvalue weighted by Crippen LogP contribution is 2.06. The highest BCUT2D eigenvalue weighted by molar-refractivity contribution is 5.71. The maximum Gasteiger partial charge on any atom is 0.332 e. The van der Waals surface area contributed by atoms with Crippen LogP contribution in [0.5, 0.6) is 0 Å². The standard InChI is InChI=1S/C15H30O6/c1-13(2)20-11-10-18-7-6-17-8-9-19-12-14(16)21-15(3,4)5/h13H,6-12H2,1-5H3. The first-order chi connectivity index (χ1) is 9.81. The van der Waals surface area contributed by atoms with Crippen LogP contribution in [0.4, 0.5) is 0 Å². The average molecular weight is 306 g/mol. The van der Waals surface area contributed by atoms with Crippen molar-refractivity contribution in [2.75, 3.05) is 46.2 Å². The molecule has 0 aromatic rings. The summed E-state index contributed by atoms with van der Waals surface area (Å²) in [4.78, 5) is 11.3. The highest BCUT2D eigenvalue weighted by Gasteiger charge is 2.15. The Morgan fingerprint density at radius 3 is 1.81 bits per heavy atom. The van der Waals surface area contributed by atoms with E-state index in [0.717, 1.165) is 0 Å². The molecule has 0 N–H and O–H groups in total. The van der Waals surface area contributed by atoms with Gasteiger partial charge in [0.2, 0.25) is 0 Å². The lowest BCUT2D eigenvalue weighted by Crippen LogP contribution is -2.27. The third-order valence-corrected chi connectivity index (χ3v) is 2.06. The first kappa shape index (κ1) is 20.3. The molecule has 0 heterocycles. The summed E-state index contributed by atoms with van der Waals surface area (Å²) < 4.78 is 26.2. The maximum absolute atomic E-state index is 11.3. The van der Waals surface area contributed by atoms with E-state index in [1.165, 1.54) is 0 Å². The van der Waals surface area contributed by atoms with Crippen molar-refractivity contribution in [3.8, 4) is 0 Å². The number of hydrogen-bond acceptors (Lipinski definition) is 6. The fraction of sp³-hybridized carbons (Fsp3) is 0.933. The van der Waals surface area contributed by atoms with Gasteiger partial charge in [0, 0.05) is 0 Å². The van der Waals surface area contributed by atoms with Gasteiger partial charge >= 0.3 is 5.97 Å². The van der Waals surface area contributed by atoms with E-state index in [0.29, 0.717) is 39.6 Å². The first-order valence-corrected chi connectivity index (χ1v) is 7.38. The van der Waals surface area contributed by atoms with Crippen molar-refractivity contribution in [2.24, 2.45) is 0 Å². The third-order valence-electron chi connectivity index (χ3n) is 2.06. The summed E-state index contributed by atoms with van der Waals surface area (Å²) in [6.07, 6.45) is 0.229. The van der Waals surface area contributed by atoms with Gasteiger partial charge in [0.25, 0.3) is 0 Å². The van der Waals surface area contributed by atoms with Gasteiger partial charge in [0.15, 0.2) is 0 Å². The zero-order valence-corrected chi connectivity index (χ0v) is 14.0. The molecule has 0 saturated heterocycles. The Kier molecular flexibility index (Phi) is 11.5. The molecule has 6 heteroatoms. The van der Waals surface area contributed by atoms with Crippen molar-refractivity contribution in [3.63, 3.8) is 0 Å². The number of carbonyl (C=O) groups excluding carboxylic acids is 1. The van der Waals surface area contributed by atoms with Gasteiger partial charge in [-0.2, -0.15) is 0 Å². The van der Waals surface area contributed by atoms with Crippen LogP contribution in [0.25, 0.3) is 0 Å². The van der Waals surface area contributed by atoms with Gasteiger partial charge in [-0.05, 0) is 34.6 Å². The number of esters is 1. The summed E-state index contributed by atoms with van der Waals surface area (Å²) in [5.74, 6) is -0.365. The fourth-order valence-electron chi connectivity index (χ4n) is 1.31. The molecule has 0 radical (unpaired) electrons. The van der Waals surface area contributed by atoms with Crippen LogP contribution in [-0.4, -0.2) is 63.9 Å². The minimum Gasteiger partial charge on any atom is -0.458 e. The van der Waals surface area contributed by atoms with Crippen LogP contribution in [0.15, 0.2) is 0 Å². The van der Waals surface area contributed by atoms with E-state index in [1.807, 2.05) is 34.6 Å². The minimum absolute atomic E-state index is 0.0519. The fourth-order valence-corrected chi connectivity index (χ4v) is 1.31. The van der Waals surface area contributed by atoms with Gasteiger partial charge in [-0.3, -0.25) is 0 Å². The molecule has 6 nitrogen and oxygen atoms in total. The van der Waals surface area contributed by atoms with Gasteiger partial charge < -0.3 is 23.7 Å². The molecule has 0 aliphatic heterocycles. The van der Waals surface area contributed by atoms with Crippen molar-refractivity contribution in [3.05, 3.63) is 0 Å². The summed E-state index contributed by atoms with van der Waals surface area (Å²) in [6, 6.07) is 0. The maximum atomic E-state index is 11.3. The second kappa shape index (κ2) is 11.9. The Labute approximate surface area is 128 Å². The summed E-state index contributed by atoms with van der Waals surface area (Å²) in [5, 5.41) is 0. The molecule has 21 heavy (non-hydrogen) atoms. The van der Waals surface area contributed by atoms with Crippen LogP contribution in [0.2, 0.25) is 0 Å². The van der Waals surface area contributed by atoms with Gasteiger partial charge in [-0.15, -0.1) is 0 Å². The zero-order chi connectivity index (χ0) is 16.1. The quantitative estimate of drug-likeness (QED) is 0.405. The molecule has 0 rings (SSSR count). The van der Waals surface area contributed by atoms with Crippen LogP contribution in [-0.2, 0) is 28.5 Å². The first-order valence-electron chi connectivity index (χ1n) is 7.38. The van der Waals surface area contributed by atoms with E-state index < -0.39 is 5.60 Å². The largest absolute Gasteiger partial charge is 0.458 e. The SMILES string of the molecule is CC(C)OCCOCCOCCOCC(=O)OC(C)(C)C. The van der Waals surface area contributed by atoms with E-state index in [-0.39, 0.29) is 18.7 Å². The molecular weight excluding hydrogens is 276 g/mol. The molecule has 0 aromatic heterocycles. The Hall–Kier alpha value is -0.690. The van der Waals surface area contributed by atoms with Crippen molar-refractivity contribution < 1.29 is 28.5 Å². The minimum atomic E-state index is -0.479. The van der Waals surface area contributed by atoms with E-state index in [9.17, 15) is 4.79 Å². The molecule has 0 saturated carbocycles. The normalized spacial score (nSPS) is 11.9. The molecule has 0 bridgehead atoms. The van der Waals surface area contributed by atoms with Crippen LogP contribution in [0.1, 0.15) is 34.6 Å². The highest BCUT2D eigenvalue weighted by atomic mass is 16.6. The molecule has 126 valence electrons. The molecular formula is C15H30O6. The van der Waals surface area contributed by atoms with E-state index >= 15 is 0 Å². The Morgan fingerprint density at radius 2 is 1.33 bits per heavy atom. The van der Waals surface area contributed by atoms with Gasteiger partial charge in [0.05, 0.1) is 45.7 Å². The second-order valence-corrected chi connectivity index (χ2v) is 5.78. The van der Waals surface area contributed by atoms with Crippen molar-refractivity contribution >= 4 is 5.97 Å². The molecule has 0 spiro atoms. The lowest BCUT2D eigenvalue weighted by molar-refractivity contribution is -0.160. The number of ether oxygens (including phenoxy) is 5. The van der Waals surface area contributed by atoms with Crippen LogP contribution < -0.4 is 0 Å². The van der Waals surface area contributed by atoms with E-state index in [2.05, 4.69) is 0 Å². The summed E-state index contributed by atoms with van der Waals surface area (Å²) in [6.45, 7) is 12.3. The lowest BCUT2D eigenvalue weighted by Gasteiger charge is -2.19. The number of carbonyl (C=O) groups is 1. The van der Waals surface area contributed by atoms with Crippen LogP contribution in [0, 0.1) is 0 Å². The summed E-state index contributed by atoms with van der Waals surface area (Å²) in [5.41, 5.74) is -0.479. The average Bonchev–Trinajstić information content (AvgIpc) is 2.33. The molecule has 0 atom stereocenters. The van der Waals surface area contributed by atoms with E-state index in [1.54, 1.807) is 0 Å².